The first-order chi connectivity index (χ1) is 7.50. The summed E-state index contributed by atoms with van der Waals surface area (Å²) in [5, 5.41) is 8.54. The third-order valence-electron chi connectivity index (χ3n) is 1.86. The van der Waals surface area contributed by atoms with Crippen LogP contribution in [0.3, 0.4) is 0 Å². The SMILES string of the molecule is O=C(O)CCc1cccc(Cl)c1OC(F)F. The summed E-state index contributed by atoms with van der Waals surface area (Å²) in [6.45, 7) is -2.98. The standard InChI is InChI=1S/C10H9ClF2O3/c11-7-3-1-2-6(4-5-8(14)15)9(7)16-10(12)13/h1-3,10H,4-5H2,(H,14,15). The Balaban J connectivity index is 2.89. The van der Waals surface area contributed by atoms with Crippen LogP contribution in [0.15, 0.2) is 18.2 Å². The van der Waals surface area contributed by atoms with E-state index in [9.17, 15) is 13.6 Å². The molecule has 6 heteroatoms. The van der Waals surface area contributed by atoms with Gasteiger partial charge in [0.1, 0.15) is 5.75 Å². The molecule has 1 aromatic carbocycles. The molecule has 88 valence electrons. The minimum absolute atomic E-state index is 0.0446. The topological polar surface area (TPSA) is 46.5 Å². The number of carbonyl (C=O) groups is 1. The highest BCUT2D eigenvalue weighted by molar-refractivity contribution is 6.32. The first-order valence-electron chi connectivity index (χ1n) is 4.44. The number of aryl methyl sites for hydroxylation is 1. The van der Waals surface area contributed by atoms with Gasteiger partial charge in [-0.2, -0.15) is 8.78 Å². The van der Waals surface area contributed by atoms with Gasteiger partial charge in [0.05, 0.1) is 5.02 Å². The third kappa shape index (κ3) is 3.66. The second-order valence-electron chi connectivity index (χ2n) is 3.00. The number of para-hydroxylation sites is 1. The first kappa shape index (κ1) is 12.7. The normalized spacial score (nSPS) is 10.5. The summed E-state index contributed by atoms with van der Waals surface area (Å²) < 4.78 is 28.4. The van der Waals surface area contributed by atoms with Gasteiger partial charge in [0.25, 0.3) is 0 Å². The predicted octanol–water partition coefficient (Wildman–Crippen LogP) is 2.96. The number of hydrogen-bond donors (Lipinski definition) is 1. The van der Waals surface area contributed by atoms with Crippen molar-refractivity contribution in [3.05, 3.63) is 28.8 Å². The monoisotopic (exact) mass is 250 g/mol. The van der Waals surface area contributed by atoms with E-state index in [0.717, 1.165) is 0 Å². The molecule has 1 N–H and O–H groups in total. The van der Waals surface area contributed by atoms with Crippen LogP contribution in [-0.4, -0.2) is 17.7 Å². The molecule has 0 aliphatic rings. The average Bonchev–Trinajstić information content (AvgIpc) is 2.18. The van der Waals surface area contributed by atoms with Gasteiger partial charge < -0.3 is 9.84 Å². The summed E-state index contributed by atoms with van der Waals surface area (Å²) in [7, 11) is 0. The van der Waals surface area contributed by atoms with Crippen LogP contribution in [0.2, 0.25) is 5.02 Å². The molecule has 0 aliphatic carbocycles. The summed E-state index contributed by atoms with van der Waals surface area (Å²) in [6.07, 6.45) is -0.0715. The van der Waals surface area contributed by atoms with E-state index in [-0.39, 0.29) is 23.6 Å². The lowest BCUT2D eigenvalue weighted by atomic mass is 10.1. The Morgan fingerprint density at radius 2 is 2.19 bits per heavy atom. The largest absolute Gasteiger partial charge is 0.481 e. The number of benzene rings is 1. The molecular weight excluding hydrogens is 242 g/mol. The second kappa shape index (κ2) is 5.65. The highest BCUT2D eigenvalue weighted by Crippen LogP contribution is 2.30. The van der Waals surface area contributed by atoms with Crippen LogP contribution < -0.4 is 4.74 Å². The molecule has 0 aliphatic heterocycles. The van der Waals surface area contributed by atoms with Crippen molar-refractivity contribution < 1.29 is 23.4 Å². The van der Waals surface area contributed by atoms with Crippen molar-refractivity contribution >= 4 is 17.6 Å². The maximum atomic E-state index is 12.1. The van der Waals surface area contributed by atoms with Gasteiger partial charge in [0, 0.05) is 6.42 Å². The Kier molecular flexibility index (Phi) is 4.49. The van der Waals surface area contributed by atoms with Gasteiger partial charge in [-0.05, 0) is 18.1 Å². The Morgan fingerprint density at radius 3 is 2.75 bits per heavy atom. The van der Waals surface area contributed by atoms with Gasteiger partial charge in [-0.3, -0.25) is 4.79 Å². The summed E-state index contributed by atoms with van der Waals surface area (Å²) in [4.78, 5) is 10.4. The summed E-state index contributed by atoms with van der Waals surface area (Å²) in [5.74, 6) is -1.16. The van der Waals surface area contributed by atoms with Crippen LogP contribution in [0.4, 0.5) is 8.78 Å². The Morgan fingerprint density at radius 1 is 1.50 bits per heavy atom. The lowest BCUT2D eigenvalue weighted by Crippen LogP contribution is -2.06. The van der Waals surface area contributed by atoms with Crippen molar-refractivity contribution in [3.8, 4) is 5.75 Å². The molecule has 1 aromatic rings. The lowest BCUT2D eigenvalue weighted by molar-refractivity contribution is -0.136. The van der Waals surface area contributed by atoms with Crippen molar-refractivity contribution in [2.75, 3.05) is 0 Å². The number of aliphatic carboxylic acids is 1. The molecule has 16 heavy (non-hydrogen) atoms. The van der Waals surface area contributed by atoms with Crippen LogP contribution in [0, 0.1) is 0 Å². The first-order valence-corrected chi connectivity index (χ1v) is 4.82. The van der Waals surface area contributed by atoms with Gasteiger partial charge in [0.15, 0.2) is 0 Å². The minimum atomic E-state index is -2.98. The number of carboxylic acid groups (broad SMARTS) is 1. The fourth-order valence-corrected chi connectivity index (χ4v) is 1.45. The van der Waals surface area contributed by atoms with E-state index in [4.69, 9.17) is 16.7 Å². The predicted molar refractivity (Wildman–Crippen MR) is 54.0 cm³/mol. The van der Waals surface area contributed by atoms with Crippen molar-refractivity contribution in [2.45, 2.75) is 19.5 Å². The van der Waals surface area contributed by atoms with Crippen molar-refractivity contribution in [3.63, 3.8) is 0 Å². The molecule has 0 radical (unpaired) electrons. The summed E-state index contributed by atoms with van der Waals surface area (Å²) >= 11 is 5.68. The highest BCUT2D eigenvalue weighted by Gasteiger charge is 2.14. The molecule has 0 fully saturated rings. The molecule has 0 aromatic heterocycles. The van der Waals surface area contributed by atoms with Gasteiger partial charge in [-0.25, -0.2) is 0 Å². The van der Waals surface area contributed by atoms with Crippen LogP contribution in [0.1, 0.15) is 12.0 Å². The quantitative estimate of drug-likeness (QED) is 0.874. The Labute approximate surface area is 95.6 Å². The van der Waals surface area contributed by atoms with Crippen molar-refractivity contribution in [1.82, 2.24) is 0 Å². The molecule has 0 amide bonds. The van der Waals surface area contributed by atoms with Gasteiger partial charge in [0.2, 0.25) is 0 Å². The average molecular weight is 251 g/mol. The zero-order valence-electron chi connectivity index (χ0n) is 8.12. The molecule has 0 atom stereocenters. The van der Waals surface area contributed by atoms with Crippen LogP contribution >= 0.6 is 11.6 Å². The van der Waals surface area contributed by atoms with Gasteiger partial charge in [-0.15, -0.1) is 0 Å². The third-order valence-corrected chi connectivity index (χ3v) is 2.16. The van der Waals surface area contributed by atoms with E-state index in [1.54, 1.807) is 6.07 Å². The molecular formula is C10H9ClF2O3. The molecule has 0 saturated heterocycles. The number of hydrogen-bond acceptors (Lipinski definition) is 2. The highest BCUT2D eigenvalue weighted by atomic mass is 35.5. The number of alkyl halides is 2. The zero-order chi connectivity index (χ0) is 12.1. The minimum Gasteiger partial charge on any atom is -0.481 e. The maximum Gasteiger partial charge on any atom is 0.387 e. The van der Waals surface area contributed by atoms with E-state index in [2.05, 4.69) is 4.74 Å². The number of ether oxygens (including phenoxy) is 1. The van der Waals surface area contributed by atoms with Crippen LogP contribution in [-0.2, 0) is 11.2 Å². The number of rotatable bonds is 5. The fraction of sp³-hybridized carbons (Fsp3) is 0.300. The van der Waals surface area contributed by atoms with Crippen LogP contribution in [0.5, 0.6) is 5.75 Å². The summed E-state index contributed by atoms with van der Waals surface area (Å²) in [6, 6.07) is 4.47. The molecule has 0 unspecified atom stereocenters. The van der Waals surface area contributed by atoms with Crippen molar-refractivity contribution in [2.24, 2.45) is 0 Å². The van der Waals surface area contributed by atoms with E-state index < -0.39 is 12.6 Å². The van der Waals surface area contributed by atoms with Gasteiger partial charge >= 0.3 is 12.6 Å². The van der Waals surface area contributed by atoms with Crippen LogP contribution in [0.25, 0.3) is 0 Å². The smallest absolute Gasteiger partial charge is 0.387 e. The molecule has 0 spiro atoms. The van der Waals surface area contributed by atoms with Gasteiger partial charge in [-0.1, -0.05) is 23.7 Å². The lowest BCUT2D eigenvalue weighted by Gasteiger charge is -2.11. The molecule has 0 saturated carbocycles. The Hall–Kier alpha value is -1.36. The zero-order valence-corrected chi connectivity index (χ0v) is 8.88. The molecule has 1 rings (SSSR count). The van der Waals surface area contributed by atoms with E-state index >= 15 is 0 Å². The maximum absolute atomic E-state index is 12.1. The number of carboxylic acids is 1. The molecule has 0 heterocycles. The van der Waals surface area contributed by atoms with E-state index in [1.807, 2.05) is 0 Å². The molecule has 3 nitrogen and oxygen atoms in total. The molecule has 0 bridgehead atoms. The second-order valence-corrected chi connectivity index (χ2v) is 3.41. The fourth-order valence-electron chi connectivity index (χ4n) is 1.21. The summed E-state index contributed by atoms with van der Waals surface area (Å²) in [5.41, 5.74) is 0.357. The van der Waals surface area contributed by atoms with Crippen molar-refractivity contribution in [1.29, 1.82) is 0 Å². The van der Waals surface area contributed by atoms with E-state index in [1.165, 1.54) is 12.1 Å². The Bertz CT molecular complexity index is 382. The number of halogens is 3. The van der Waals surface area contributed by atoms with E-state index in [0.29, 0.717) is 5.56 Å².